The fourth-order valence-electron chi connectivity index (χ4n) is 3.01. The van der Waals surface area contributed by atoms with E-state index in [4.69, 9.17) is 9.47 Å². The Labute approximate surface area is 137 Å². The Morgan fingerprint density at radius 1 is 1.17 bits per heavy atom. The number of nitrogens with zero attached hydrogens (tertiary/aromatic N) is 1. The van der Waals surface area contributed by atoms with E-state index in [0.717, 1.165) is 17.9 Å². The second-order valence-corrected chi connectivity index (χ2v) is 5.77. The van der Waals surface area contributed by atoms with Gasteiger partial charge in [0.25, 0.3) is 0 Å². The summed E-state index contributed by atoms with van der Waals surface area (Å²) in [5, 5.41) is 10.6. The molecule has 1 N–H and O–H groups in total. The van der Waals surface area contributed by atoms with Crippen molar-refractivity contribution in [1.82, 2.24) is 0 Å². The molecule has 0 radical (unpaired) electrons. The van der Waals surface area contributed by atoms with E-state index < -0.39 is 6.10 Å². The van der Waals surface area contributed by atoms with Gasteiger partial charge in [0.2, 0.25) is 0 Å². The van der Waals surface area contributed by atoms with E-state index in [-0.39, 0.29) is 6.10 Å². The van der Waals surface area contributed by atoms with Crippen molar-refractivity contribution < 1.29 is 14.6 Å². The van der Waals surface area contributed by atoms with Crippen molar-refractivity contribution in [3.8, 4) is 5.75 Å². The minimum absolute atomic E-state index is 0.200. The Morgan fingerprint density at radius 2 is 1.91 bits per heavy atom. The predicted octanol–water partition coefficient (Wildman–Crippen LogP) is 2.50. The molecule has 122 valence electrons. The third kappa shape index (κ3) is 3.84. The van der Waals surface area contributed by atoms with E-state index in [1.807, 2.05) is 42.5 Å². The fourth-order valence-corrected chi connectivity index (χ4v) is 3.01. The van der Waals surface area contributed by atoms with Gasteiger partial charge in [-0.15, -0.1) is 0 Å². The molecule has 2 aromatic rings. The standard InChI is InChI=1S/C19H23NO3/c1-22-18-10-6-5-7-15(18)13-17(21)19-14-20(11-12-23-19)16-8-3-2-4-9-16/h2-10,17,19,21H,11-14H2,1H3. The maximum absolute atomic E-state index is 10.6. The van der Waals surface area contributed by atoms with E-state index in [1.165, 1.54) is 5.69 Å². The van der Waals surface area contributed by atoms with Gasteiger partial charge in [0.1, 0.15) is 11.9 Å². The minimum Gasteiger partial charge on any atom is -0.496 e. The number of morpholine rings is 1. The summed E-state index contributed by atoms with van der Waals surface area (Å²) in [4.78, 5) is 2.26. The van der Waals surface area contributed by atoms with Crippen LogP contribution < -0.4 is 9.64 Å². The topological polar surface area (TPSA) is 41.9 Å². The summed E-state index contributed by atoms with van der Waals surface area (Å²) in [6.07, 6.45) is -0.233. The molecule has 2 atom stereocenters. The molecule has 1 aliphatic rings. The quantitative estimate of drug-likeness (QED) is 0.921. The highest BCUT2D eigenvalue weighted by atomic mass is 16.5. The molecule has 1 aliphatic heterocycles. The van der Waals surface area contributed by atoms with Crippen LogP contribution >= 0.6 is 0 Å². The van der Waals surface area contributed by atoms with Crippen LogP contribution in [0.25, 0.3) is 0 Å². The van der Waals surface area contributed by atoms with Crippen LogP contribution in [0.3, 0.4) is 0 Å². The average Bonchev–Trinajstić information content (AvgIpc) is 2.63. The van der Waals surface area contributed by atoms with Gasteiger partial charge >= 0.3 is 0 Å². The molecule has 0 spiro atoms. The van der Waals surface area contributed by atoms with Crippen LogP contribution in [0.4, 0.5) is 5.69 Å². The number of benzene rings is 2. The lowest BCUT2D eigenvalue weighted by molar-refractivity contribution is -0.0438. The van der Waals surface area contributed by atoms with Crippen molar-refractivity contribution in [1.29, 1.82) is 0 Å². The lowest BCUT2D eigenvalue weighted by atomic mass is 10.0. The zero-order valence-corrected chi connectivity index (χ0v) is 13.4. The monoisotopic (exact) mass is 313 g/mol. The normalized spacial score (nSPS) is 19.4. The number of hydrogen-bond donors (Lipinski definition) is 1. The molecule has 2 aromatic carbocycles. The summed E-state index contributed by atoms with van der Waals surface area (Å²) in [5.41, 5.74) is 2.17. The van der Waals surface area contributed by atoms with Crippen molar-refractivity contribution >= 4 is 5.69 Å². The summed E-state index contributed by atoms with van der Waals surface area (Å²) < 4.78 is 11.2. The Kier molecular flexibility index (Phi) is 5.16. The first-order valence-corrected chi connectivity index (χ1v) is 7.99. The molecular formula is C19H23NO3. The highest BCUT2D eigenvalue weighted by Crippen LogP contribution is 2.23. The molecule has 0 aliphatic carbocycles. The van der Waals surface area contributed by atoms with Crippen LogP contribution in [0.5, 0.6) is 5.75 Å². The zero-order chi connectivity index (χ0) is 16.1. The van der Waals surface area contributed by atoms with Crippen LogP contribution in [0.2, 0.25) is 0 Å². The summed E-state index contributed by atoms with van der Waals surface area (Å²) >= 11 is 0. The van der Waals surface area contributed by atoms with Gasteiger partial charge in [0, 0.05) is 25.2 Å². The highest BCUT2D eigenvalue weighted by Gasteiger charge is 2.27. The van der Waals surface area contributed by atoms with E-state index in [9.17, 15) is 5.11 Å². The first kappa shape index (κ1) is 15.8. The smallest absolute Gasteiger partial charge is 0.122 e. The van der Waals surface area contributed by atoms with Gasteiger partial charge in [-0.2, -0.15) is 0 Å². The summed E-state index contributed by atoms with van der Waals surface area (Å²) in [6.45, 7) is 2.17. The van der Waals surface area contributed by atoms with Gasteiger partial charge in [-0.25, -0.2) is 0 Å². The second kappa shape index (κ2) is 7.49. The highest BCUT2D eigenvalue weighted by molar-refractivity contribution is 5.46. The number of ether oxygens (including phenoxy) is 2. The molecular weight excluding hydrogens is 290 g/mol. The van der Waals surface area contributed by atoms with Gasteiger partial charge < -0.3 is 19.5 Å². The molecule has 4 heteroatoms. The van der Waals surface area contributed by atoms with Crippen LogP contribution in [-0.2, 0) is 11.2 Å². The molecule has 3 rings (SSSR count). The summed E-state index contributed by atoms with van der Waals surface area (Å²) in [7, 11) is 1.65. The van der Waals surface area contributed by atoms with Gasteiger partial charge in [-0.1, -0.05) is 36.4 Å². The largest absolute Gasteiger partial charge is 0.496 e. The molecule has 1 saturated heterocycles. The lowest BCUT2D eigenvalue weighted by Gasteiger charge is -2.36. The predicted molar refractivity (Wildman–Crippen MR) is 91.1 cm³/mol. The van der Waals surface area contributed by atoms with Crippen LogP contribution in [0.15, 0.2) is 54.6 Å². The maximum Gasteiger partial charge on any atom is 0.122 e. The van der Waals surface area contributed by atoms with Gasteiger partial charge in [0.05, 0.1) is 19.8 Å². The van der Waals surface area contributed by atoms with E-state index in [2.05, 4.69) is 17.0 Å². The molecule has 0 saturated carbocycles. The number of aliphatic hydroxyl groups is 1. The summed E-state index contributed by atoms with van der Waals surface area (Å²) in [5.74, 6) is 0.808. The van der Waals surface area contributed by atoms with Crippen molar-refractivity contribution in [3.05, 3.63) is 60.2 Å². The molecule has 0 bridgehead atoms. The maximum atomic E-state index is 10.6. The average molecular weight is 313 g/mol. The van der Waals surface area contributed by atoms with E-state index in [1.54, 1.807) is 7.11 Å². The van der Waals surface area contributed by atoms with Crippen LogP contribution in [-0.4, -0.2) is 44.1 Å². The van der Waals surface area contributed by atoms with Crippen molar-refractivity contribution in [2.75, 3.05) is 31.7 Å². The molecule has 4 nitrogen and oxygen atoms in total. The number of rotatable bonds is 5. The fraction of sp³-hybridized carbons (Fsp3) is 0.368. The zero-order valence-electron chi connectivity index (χ0n) is 13.4. The second-order valence-electron chi connectivity index (χ2n) is 5.77. The summed E-state index contributed by atoms with van der Waals surface area (Å²) in [6, 6.07) is 18.1. The Morgan fingerprint density at radius 3 is 2.70 bits per heavy atom. The number of methoxy groups -OCH3 is 1. The van der Waals surface area contributed by atoms with Crippen molar-refractivity contribution in [3.63, 3.8) is 0 Å². The number of para-hydroxylation sites is 2. The van der Waals surface area contributed by atoms with Crippen LogP contribution in [0, 0.1) is 0 Å². The first-order chi connectivity index (χ1) is 11.3. The molecule has 1 fully saturated rings. The van der Waals surface area contributed by atoms with Crippen molar-refractivity contribution in [2.24, 2.45) is 0 Å². The molecule has 0 amide bonds. The number of aliphatic hydroxyl groups excluding tert-OH is 1. The molecule has 2 unspecified atom stereocenters. The van der Waals surface area contributed by atoms with Crippen LogP contribution in [0.1, 0.15) is 5.56 Å². The SMILES string of the molecule is COc1ccccc1CC(O)C1CN(c2ccccc2)CCO1. The molecule has 23 heavy (non-hydrogen) atoms. The first-order valence-electron chi connectivity index (χ1n) is 7.99. The Balaban J connectivity index is 1.66. The third-order valence-electron chi connectivity index (χ3n) is 4.27. The van der Waals surface area contributed by atoms with Crippen molar-refractivity contribution in [2.45, 2.75) is 18.6 Å². The van der Waals surface area contributed by atoms with Gasteiger partial charge in [-0.05, 0) is 23.8 Å². The third-order valence-corrected chi connectivity index (χ3v) is 4.27. The molecule has 1 heterocycles. The van der Waals surface area contributed by atoms with E-state index in [0.29, 0.717) is 19.6 Å². The lowest BCUT2D eigenvalue weighted by Crippen LogP contribution is -2.48. The van der Waals surface area contributed by atoms with Gasteiger partial charge in [-0.3, -0.25) is 0 Å². The van der Waals surface area contributed by atoms with Gasteiger partial charge in [0.15, 0.2) is 0 Å². The molecule has 0 aromatic heterocycles. The number of hydrogen-bond acceptors (Lipinski definition) is 4. The minimum atomic E-state index is -0.558. The number of anilines is 1. The van der Waals surface area contributed by atoms with E-state index >= 15 is 0 Å². The Hall–Kier alpha value is -2.04. The Bertz CT molecular complexity index is 617.